The molecule has 0 bridgehead atoms. The van der Waals surface area contributed by atoms with E-state index < -0.39 is 0 Å². The molecule has 0 radical (unpaired) electrons. The van der Waals surface area contributed by atoms with E-state index in [4.69, 9.17) is 20.9 Å². The summed E-state index contributed by atoms with van der Waals surface area (Å²) in [5, 5.41) is 8.60. The minimum absolute atomic E-state index is 0.215. The highest BCUT2D eigenvalue weighted by Gasteiger charge is 2.13. The Morgan fingerprint density at radius 1 is 1.17 bits per heavy atom. The number of rotatable bonds is 4. The van der Waals surface area contributed by atoms with Crippen molar-refractivity contribution in [2.45, 2.75) is 13.5 Å². The first kappa shape index (κ1) is 14.7. The Kier molecular flexibility index (Phi) is 3.66. The van der Waals surface area contributed by atoms with Crippen molar-refractivity contribution in [3.05, 3.63) is 65.0 Å². The Hall–Kier alpha value is -2.86. The van der Waals surface area contributed by atoms with Gasteiger partial charge in [-0.2, -0.15) is 0 Å². The molecule has 0 N–H and O–H groups in total. The van der Waals surface area contributed by atoms with Crippen molar-refractivity contribution in [2.24, 2.45) is 0 Å². The summed E-state index contributed by atoms with van der Waals surface area (Å²) in [7, 11) is 0. The fourth-order valence-electron chi connectivity index (χ4n) is 2.36. The zero-order chi connectivity index (χ0) is 16.5. The van der Waals surface area contributed by atoms with Crippen LogP contribution in [0.4, 0.5) is 0 Å². The number of aromatic nitrogens is 4. The summed E-state index contributed by atoms with van der Waals surface area (Å²) in [4.78, 5) is 11.5. The summed E-state index contributed by atoms with van der Waals surface area (Å²) in [6, 6.07) is 15.0. The number of oxazole rings is 1. The normalized spacial score (nSPS) is 11.1. The molecule has 0 atom stereocenters. The smallest absolute Gasteiger partial charge is 0.226 e. The molecule has 7 heteroatoms. The molecular weight excluding hydrogens is 328 g/mol. The molecule has 0 amide bonds. The van der Waals surface area contributed by atoms with E-state index in [1.165, 1.54) is 4.85 Å². The van der Waals surface area contributed by atoms with Gasteiger partial charge in [0.1, 0.15) is 22.5 Å². The average molecular weight is 341 g/mol. The van der Waals surface area contributed by atoms with Gasteiger partial charge in [0.25, 0.3) is 0 Å². The van der Waals surface area contributed by atoms with E-state index >= 15 is 0 Å². The number of benzene rings is 2. The second-order valence-electron chi connectivity index (χ2n) is 5.26. The number of halogens is 1. The molecular formula is C17H13ClN4O2. The first-order valence-electron chi connectivity index (χ1n) is 7.37. The molecule has 2 heterocycles. The molecule has 0 aliphatic heterocycles. The van der Waals surface area contributed by atoms with Crippen LogP contribution in [0.5, 0.6) is 0 Å². The Bertz CT molecular complexity index is 994. The van der Waals surface area contributed by atoms with Gasteiger partial charge in [0.05, 0.1) is 0 Å². The summed E-state index contributed by atoms with van der Waals surface area (Å²) in [5.41, 5.74) is 3.04. The largest absolute Gasteiger partial charge is 0.441 e. The first-order chi connectivity index (χ1) is 11.7. The van der Waals surface area contributed by atoms with E-state index in [1.54, 1.807) is 18.2 Å². The zero-order valence-electron chi connectivity index (χ0n) is 12.8. The Morgan fingerprint density at radius 3 is 2.83 bits per heavy atom. The second-order valence-corrected chi connectivity index (χ2v) is 5.69. The molecule has 0 fully saturated rings. The summed E-state index contributed by atoms with van der Waals surface area (Å²) >= 11 is 6.01. The highest BCUT2D eigenvalue weighted by molar-refractivity contribution is 6.31. The van der Waals surface area contributed by atoms with Crippen LogP contribution in [0.2, 0.25) is 5.02 Å². The Labute approximate surface area is 142 Å². The molecule has 2 aromatic heterocycles. The molecule has 2 aromatic carbocycles. The van der Waals surface area contributed by atoms with Crippen LogP contribution in [0.3, 0.4) is 0 Å². The van der Waals surface area contributed by atoms with E-state index in [1.807, 2.05) is 37.3 Å². The number of hydrogen-bond acceptors (Lipinski definition) is 5. The molecule has 6 nitrogen and oxygen atoms in total. The van der Waals surface area contributed by atoms with E-state index in [0.717, 1.165) is 5.56 Å². The first-order valence-corrected chi connectivity index (χ1v) is 7.74. The molecule has 0 spiro atoms. The maximum Gasteiger partial charge on any atom is 0.226 e. The van der Waals surface area contributed by atoms with Crippen LogP contribution in [-0.2, 0) is 6.61 Å². The molecule has 0 saturated heterocycles. The highest BCUT2D eigenvalue weighted by atomic mass is 35.5. The average Bonchev–Trinajstić information content (AvgIpc) is 3.17. The molecule has 0 unspecified atom stereocenters. The standard InChI is InChI=1S/C17H13ClN4O2/c1-11-15(19-17(24-11)12-5-3-2-4-6-12)10-23-22-16-9-13(18)7-8-14(16)20-21-22/h2-9H,10H2,1H3. The van der Waals surface area contributed by atoms with Gasteiger partial charge in [-0.3, -0.25) is 0 Å². The van der Waals surface area contributed by atoms with E-state index in [-0.39, 0.29) is 6.61 Å². The van der Waals surface area contributed by atoms with Crippen LogP contribution < -0.4 is 4.84 Å². The highest BCUT2D eigenvalue weighted by Crippen LogP contribution is 2.22. The van der Waals surface area contributed by atoms with Gasteiger partial charge in [-0.15, -0.1) is 5.10 Å². The van der Waals surface area contributed by atoms with Gasteiger partial charge in [0.15, 0.2) is 6.61 Å². The van der Waals surface area contributed by atoms with Gasteiger partial charge in [-0.25, -0.2) is 4.98 Å². The number of hydrogen-bond donors (Lipinski definition) is 0. The maximum absolute atomic E-state index is 6.01. The fourth-order valence-corrected chi connectivity index (χ4v) is 2.52. The maximum atomic E-state index is 6.01. The molecule has 0 aliphatic carbocycles. The van der Waals surface area contributed by atoms with Crippen LogP contribution in [0.25, 0.3) is 22.5 Å². The topological polar surface area (TPSA) is 66.0 Å². The lowest BCUT2D eigenvalue weighted by Gasteiger charge is -2.03. The zero-order valence-corrected chi connectivity index (χ0v) is 13.6. The van der Waals surface area contributed by atoms with Crippen molar-refractivity contribution < 1.29 is 9.25 Å². The molecule has 0 saturated carbocycles. The van der Waals surface area contributed by atoms with E-state index in [9.17, 15) is 0 Å². The van der Waals surface area contributed by atoms with Crippen molar-refractivity contribution >= 4 is 22.6 Å². The Balaban J connectivity index is 1.57. The number of fused-ring (bicyclic) bond motifs is 1. The molecule has 0 aliphatic rings. The predicted octanol–water partition coefficient (Wildman–Crippen LogP) is 3.68. The SMILES string of the molecule is Cc1oc(-c2ccccc2)nc1COn1nnc2ccc(Cl)cc21. The lowest BCUT2D eigenvalue weighted by Crippen LogP contribution is -2.13. The van der Waals surface area contributed by atoms with Crippen molar-refractivity contribution in [3.63, 3.8) is 0 Å². The Morgan fingerprint density at radius 2 is 2.00 bits per heavy atom. The van der Waals surface area contributed by atoms with Crippen LogP contribution in [0.15, 0.2) is 52.9 Å². The number of nitrogens with zero attached hydrogens (tertiary/aromatic N) is 4. The minimum Gasteiger partial charge on any atom is -0.441 e. The van der Waals surface area contributed by atoms with Crippen LogP contribution >= 0.6 is 11.6 Å². The van der Waals surface area contributed by atoms with E-state index in [2.05, 4.69) is 15.3 Å². The third kappa shape index (κ3) is 2.72. The van der Waals surface area contributed by atoms with Crippen molar-refractivity contribution in [3.8, 4) is 11.5 Å². The van der Waals surface area contributed by atoms with Crippen molar-refractivity contribution in [1.82, 2.24) is 20.1 Å². The lowest BCUT2D eigenvalue weighted by atomic mass is 10.2. The monoisotopic (exact) mass is 340 g/mol. The van der Waals surface area contributed by atoms with Crippen molar-refractivity contribution in [2.75, 3.05) is 0 Å². The van der Waals surface area contributed by atoms with E-state index in [0.29, 0.717) is 33.4 Å². The van der Waals surface area contributed by atoms with Crippen molar-refractivity contribution in [1.29, 1.82) is 0 Å². The van der Waals surface area contributed by atoms with Gasteiger partial charge >= 0.3 is 0 Å². The lowest BCUT2D eigenvalue weighted by molar-refractivity contribution is 0.0727. The summed E-state index contributed by atoms with van der Waals surface area (Å²) in [6.45, 7) is 2.07. The third-order valence-electron chi connectivity index (χ3n) is 3.61. The molecule has 4 aromatic rings. The third-order valence-corrected chi connectivity index (χ3v) is 3.85. The summed E-state index contributed by atoms with van der Waals surface area (Å²) < 4.78 is 5.72. The summed E-state index contributed by atoms with van der Waals surface area (Å²) in [6.07, 6.45) is 0. The van der Waals surface area contributed by atoms with Gasteiger partial charge in [-0.05, 0) is 42.5 Å². The summed E-state index contributed by atoms with van der Waals surface area (Å²) in [5.74, 6) is 1.27. The quantitative estimate of drug-likeness (QED) is 0.567. The second kappa shape index (κ2) is 5.98. The number of aryl methyl sites for hydroxylation is 1. The van der Waals surface area contributed by atoms with Crippen LogP contribution in [0.1, 0.15) is 11.5 Å². The van der Waals surface area contributed by atoms with Gasteiger partial charge in [-0.1, -0.05) is 34.6 Å². The van der Waals surface area contributed by atoms with Crippen LogP contribution in [0, 0.1) is 6.92 Å². The minimum atomic E-state index is 0.215. The molecule has 4 rings (SSSR count). The van der Waals surface area contributed by atoms with Gasteiger partial charge in [0, 0.05) is 10.6 Å². The van der Waals surface area contributed by atoms with Gasteiger partial charge in [0.2, 0.25) is 5.89 Å². The fraction of sp³-hybridized carbons (Fsp3) is 0.118. The molecule has 24 heavy (non-hydrogen) atoms. The predicted molar refractivity (Wildman–Crippen MR) is 89.5 cm³/mol. The molecule has 120 valence electrons. The van der Waals surface area contributed by atoms with Crippen LogP contribution in [-0.4, -0.2) is 20.1 Å². The van der Waals surface area contributed by atoms with Gasteiger partial charge < -0.3 is 9.25 Å².